The molecule has 0 fully saturated rings. The minimum atomic E-state index is -0.0295. The Morgan fingerprint density at radius 2 is 1.87 bits per heavy atom. The van der Waals surface area contributed by atoms with Crippen LogP contribution in [0.4, 0.5) is 0 Å². The Balaban J connectivity index is 3.66. The van der Waals surface area contributed by atoms with Crippen molar-refractivity contribution in [1.82, 2.24) is 4.57 Å². The van der Waals surface area contributed by atoms with Crippen LogP contribution < -0.4 is 5.56 Å². The molecule has 0 amide bonds. The molecule has 0 radical (unpaired) electrons. The van der Waals surface area contributed by atoms with Gasteiger partial charge in [-0.2, -0.15) is 0 Å². The summed E-state index contributed by atoms with van der Waals surface area (Å²) >= 11 is 3.42. The molecule has 0 unspecified atom stereocenters. The fourth-order valence-electron chi connectivity index (χ4n) is 1.42. The molecule has 0 bridgehead atoms. The molecule has 0 aliphatic rings. The van der Waals surface area contributed by atoms with Crippen LogP contribution in [0.1, 0.15) is 31.0 Å². The van der Waals surface area contributed by atoms with E-state index in [4.69, 9.17) is 0 Å². The first-order valence-electron chi connectivity index (χ1n) is 4.72. The highest BCUT2D eigenvalue weighted by molar-refractivity contribution is 9.10. The Kier molecular flexibility index (Phi) is 3.69. The maximum absolute atomic E-state index is 12.0. The van der Waals surface area contributed by atoms with Crippen LogP contribution in [0.5, 0.6) is 0 Å². The van der Waals surface area contributed by atoms with Gasteiger partial charge in [0.15, 0.2) is 0 Å². The Bertz CT molecular complexity index is 457. The van der Waals surface area contributed by atoms with Gasteiger partial charge >= 0.3 is 0 Å². The zero-order chi connectivity index (χ0) is 11.6. The third-order valence-corrected chi connectivity index (χ3v) is 2.86. The van der Waals surface area contributed by atoms with E-state index in [9.17, 15) is 4.79 Å². The molecule has 1 rings (SSSR count). The molecule has 15 heavy (non-hydrogen) atoms. The lowest BCUT2D eigenvalue weighted by molar-refractivity contribution is 0.575. The molecule has 1 aromatic rings. The molecule has 0 saturated heterocycles. The predicted octanol–water partition coefficient (Wildman–Crippen LogP) is 3.48. The standard InChI is InChI=1S/C12H14BrNO/c1-5-9-10(6-2)12(15)14(8(3)4)7-11(9)13/h5-8H,1-2H2,3-4H3. The zero-order valence-electron chi connectivity index (χ0n) is 8.96. The zero-order valence-corrected chi connectivity index (χ0v) is 10.5. The molecule has 3 heteroatoms. The normalized spacial score (nSPS) is 10.4. The smallest absolute Gasteiger partial charge is 0.258 e. The average Bonchev–Trinajstić information content (AvgIpc) is 2.19. The van der Waals surface area contributed by atoms with E-state index in [2.05, 4.69) is 29.1 Å². The molecule has 80 valence electrons. The lowest BCUT2D eigenvalue weighted by Crippen LogP contribution is -2.24. The van der Waals surface area contributed by atoms with Gasteiger partial charge in [-0.05, 0) is 29.8 Å². The van der Waals surface area contributed by atoms with E-state index in [1.807, 2.05) is 13.8 Å². The molecule has 0 saturated carbocycles. The highest BCUT2D eigenvalue weighted by Gasteiger charge is 2.11. The SMILES string of the molecule is C=Cc1c(Br)cn(C(C)C)c(=O)c1C=C. The van der Waals surface area contributed by atoms with Crippen LogP contribution in [0.15, 0.2) is 28.6 Å². The molecule has 1 aromatic heterocycles. The van der Waals surface area contributed by atoms with Crippen molar-refractivity contribution in [1.29, 1.82) is 0 Å². The monoisotopic (exact) mass is 267 g/mol. The summed E-state index contributed by atoms with van der Waals surface area (Å²) in [6.07, 6.45) is 5.02. The van der Waals surface area contributed by atoms with Gasteiger partial charge < -0.3 is 4.57 Å². The topological polar surface area (TPSA) is 22.0 Å². The maximum Gasteiger partial charge on any atom is 0.258 e. The summed E-state index contributed by atoms with van der Waals surface area (Å²) in [6.45, 7) is 11.3. The van der Waals surface area contributed by atoms with Crippen LogP contribution in [-0.2, 0) is 0 Å². The summed E-state index contributed by atoms with van der Waals surface area (Å²) in [5.41, 5.74) is 1.36. The van der Waals surface area contributed by atoms with E-state index in [0.717, 1.165) is 10.0 Å². The number of rotatable bonds is 3. The van der Waals surface area contributed by atoms with Crippen molar-refractivity contribution in [2.24, 2.45) is 0 Å². The molecular weight excluding hydrogens is 254 g/mol. The van der Waals surface area contributed by atoms with E-state index >= 15 is 0 Å². The quantitative estimate of drug-likeness (QED) is 0.822. The van der Waals surface area contributed by atoms with Crippen LogP contribution in [0.2, 0.25) is 0 Å². The molecule has 0 atom stereocenters. The van der Waals surface area contributed by atoms with Crippen molar-refractivity contribution >= 4 is 28.1 Å². The van der Waals surface area contributed by atoms with Crippen molar-refractivity contribution in [3.63, 3.8) is 0 Å². The number of pyridine rings is 1. The van der Waals surface area contributed by atoms with Gasteiger partial charge in [0.2, 0.25) is 0 Å². The summed E-state index contributed by atoms with van der Waals surface area (Å²) < 4.78 is 2.54. The molecule has 2 nitrogen and oxygen atoms in total. The van der Waals surface area contributed by atoms with Gasteiger partial charge in [-0.1, -0.05) is 25.3 Å². The Morgan fingerprint density at radius 3 is 2.27 bits per heavy atom. The van der Waals surface area contributed by atoms with Gasteiger partial charge in [-0.15, -0.1) is 0 Å². The largest absolute Gasteiger partial charge is 0.311 e. The second-order valence-corrected chi connectivity index (χ2v) is 4.37. The number of aromatic nitrogens is 1. The summed E-state index contributed by atoms with van der Waals surface area (Å²) in [5, 5.41) is 0. The predicted molar refractivity (Wildman–Crippen MR) is 69.0 cm³/mol. The minimum Gasteiger partial charge on any atom is -0.311 e. The third kappa shape index (κ3) is 2.12. The van der Waals surface area contributed by atoms with Gasteiger partial charge in [0, 0.05) is 27.8 Å². The van der Waals surface area contributed by atoms with E-state index in [0.29, 0.717) is 5.56 Å². The van der Waals surface area contributed by atoms with Crippen LogP contribution >= 0.6 is 15.9 Å². The van der Waals surface area contributed by atoms with Crippen molar-refractivity contribution in [2.75, 3.05) is 0 Å². The van der Waals surface area contributed by atoms with Crippen molar-refractivity contribution in [3.05, 3.63) is 45.3 Å². The number of nitrogens with zero attached hydrogens (tertiary/aromatic N) is 1. The van der Waals surface area contributed by atoms with Crippen LogP contribution in [0.3, 0.4) is 0 Å². The maximum atomic E-state index is 12.0. The first-order chi connectivity index (χ1) is 7.02. The summed E-state index contributed by atoms with van der Waals surface area (Å²) in [6, 6.07) is 0.131. The number of halogens is 1. The molecule has 0 aliphatic carbocycles. The molecule has 0 spiro atoms. The van der Waals surface area contributed by atoms with E-state index in [-0.39, 0.29) is 11.6 Å². The molecule has 0 N–H and O–H groups in total. The second-order valence-electron chi connectivity index (χ2n) is 3.52. The molecule has 0 aromatic carbocycles. The first kappa shape index (κ1) is 12.0. The van der Waals surface area contributed by atoms with Crippen molar-refractivity contribution in [2.45, 2.75) is 19.9 Å². The summed E-state index contributed by atoms with van der Waals surface area (Å²) in [4.78, 5) is 12.0. The Morgan fingerprint density at radius 1 is 1.33 bits per heavy atom. The van der Waals surface area contributed by atoms with E-state index < -0.39 is 0 Å². The summed E-state index contributed by atoms with van der Waals surface area (Å²) in [5.74, 6) is 0. The van der Waals surface area contributed by atoms with Gasteiger partial charge in [0.1, 0.15) is 0 Å². The first-order valence-corrected chi connectivity index (χ1v) is 5.51. The lowest BCUT2D eigenvalue weighted by atomic mass is 10.1. The van der Waals surface area contributed by atoms with Gasteiger partial charge in [-0.25, -0.2) is 0 Å². The van der Waals surface area contributed by atoms with E-state index in [1.54, 1.807) is 22.9 Å². The fourth-order valence-corrected chi connectivity index (χ4v) is 2.02. The van der Waals surface area contributed by atoms with Gasteiger partial charge in [-0.3, -0.25) is 4.79 Å². The van der Waals surface area contributed by atoms with Crippen LogP contribution in [0.25, 0.3) is 12.2 Å². The van der Waals surface area contributed by atoms with Crippen molar-refractivity contribution < 1.29 is 0 Å². The van der Waals surface area contributed by atoms with E-state index in [1.165, 1.54) is 0 Å². The minimum absolute atomic E-state index is 0.0295. The molecule has 1 heterocycles. The molecule has 0 aliphatic heterocycles. The number of hydrogen-bond acceptors (Lipinski definition) is 1. The molecular formula is C12H14BrNO. The van der Waals surface area contributed by atoms with Crippen LogP contribution in [-0.4, -0.2) is 4.57 Å². The fraction of sp³-hybridized carbons (Fsp3) is 0.250. The highest BCUT2D eigenvalue weighted by atomic mass is 79.9. The average molecular weight is 268 g/mol. The highest BCUT2D eigenvalue weighted by Crippen LogP contribution is 2.21. The Hall–Kier alpha value is -1.09. The Labute approximate surface area is 98.1 Å². The van der Waals surface area contributed by atoms with Gasteiger partial charge in [0.05, 0.1) is 0 Å². The third-order valence-electron chi connectivity index (χ3n) is 2.23. The number of hydrogen-bond donors (Lipinski definition) is 0. The summed E-state index contributed by atoms with van der Waals surface area (Å²) in [7, 11) is 0. The lowest BCUT2D eigenvalue weighted by Gasteiger charge is -2.13. The van der Waals surface area contributed by atoms with Crippen LogP contribution in [0, 0.1) is 0 Å². The van der Waals surface area contributed by atoms with Crippen molar-refractivity contribution in [3.8, 4) is 0 Å². The second kappa shape index (κ2) is 4.62. The van der Waals surface area contributed by atoms with Gasteiger partial charge in [0.25, 0.3) is 5.56 Å².